The van der Waals surface area contributed by atoms with Crippen LogP contribution in [0.4, 0.5) is 0 Å². The van der Waals surface area contributed by atoms with E-state index in [4.69, 9.17) is 4.74 Å². The zero-order chi connectivity index (χ0) is 9.97. The third kappa shape index (κ3) is 2.46. The van der Waals surface area contributed by atoms with Gasteiger partial charge in [-0.3, -0.25) is 0 Å². The summed E-state index contributed by atoms with van der Waals surface area (Å²) in [5.41, 5.74) is 0. The third-order valence-electron chi connectivity index (χ3n) is 2.07. The number of rotatable bonds is 2. The molecule has 0 radical (unpaired) electrons. The average Bonchev–Trinajstić information content (AvgIpc) is 2.62. The predicted octanol–water partition coefficient (Wildman–Crippen LogP) is 2.35. The summed E-state index contributed by atoms with van der Waals surface area (Å²) in [6.45, 7) is 1.93. The molecule has 1 aliphatic heterocycles. The second kappa shape index (κ2) is 4.59. The Labute approximate surface area is 99.5 Å². The fourth-order valence-electron chi connectivity index (χ4n) is 1.38. The number of hydrogen-bond acceptors (Lipinski definition) is 3. The summed E-state index contributed by atoms with van der Waals surface area (Å²) in [5, 5.41) is 3.25. The number of hydrogen-bond donors (Lipinski definition) is 1. The van der Waals surface area contributed by atoms with E-state index >= 15 is 0 Å². The van der Waals surface area contributed by atoms with Gasteiger partial charge in [-0.25, -0.2) is 4.98 Å². The highest BCUT2D eigenvalue weighted by atomic mass is 79.9. The minimum atomic E-state index is 0.250. The summed E-state index contributed by atoms with van der Waals surface area (Å²) in [6, 6.07) is 1.94. The van der Waals surface area contributed by atoms with E-state index in [9.17, 15) is 0 Å². The van der Waals surface area contributed by atoms with Crippen molar-refractivity contribution in [2.45, 2.75) is 12.5 Å². The number of ether oxygens (including phenoxy) is 1. The predicted molar refractivity (Wildman–Crippen MR) is 61.5 cm³/mol. The van der Waals surface area contributed by atoms with Crippen molar-refractivity contribution in [3.05, 3.63) is 21.2 Å². The Bertz CT molecular complexity index is 327. The van der Waals surface area contributed by atoms with Gasteiger partial charge in [0.2, 0.25) is 5.88 Å². The Hall–Kier alpha value is -0.130. The van der Waals surface area contributed by atoms with Crippen LogP contribution in [-0.4, -0.2) is 24.2 Å². The van der Waals surface area contributed by atoms with E-state index in [1.165, 1.54) is 0 Å². The monoisotopic (exact) mass is 320 g/mol. The quantitative estimate of drug-likeness (QED) is 0.908. The number of pyridine rings is 1. The van der Waals surface area contributed by atoms with Crippen LogP contribution in [0.3, 0.4) is 0 Å². The normalized spacial score (nSPS) is 21.1. The van der Waals surface area contributed by atoms with Gasteiger partial charge >= 0.3 is 0 Å². The summed E-state index contributed by atoms with van der Waals surface area (Å²) in [7, 11) is 0. The van der Waals surface area contributed by atoms with Gasteiger partial charge in [0.05, 0.1) is 4.47 Å². The Morgan fingerprint density at radius 1 is 1.50 bits per heavy atom. The molecular formula is C9H10Br2N2O. The first-order chi connectivity index (χ1) is 6.75. The van der Waals surface area contributed by atoms with Gasteiger partial charge in [-0.1, -0.05) is 0 Å². The lowest BCUT2D eigenvalue weighted by Gasteiger charge is -2.12. The van der Waals surface area contributed by atoms with Crippen molar-refractivity contribution in [1.82, 2.24) is 10.3 Å². The fourth-order valence-corrected chi connectivity index (χ4v) is 2.46. The molecule has 0 saturated carbocycles. The largest absolute Gasteiger partial charge is 0.472 e. The second-order valence-corrected chi connectivity index (χ2v) is 4.94. The topological polar surface area (TPSA) is 34.1 Å². The molecule has 2 heterocycles. The number of nitrogens with zero attached hydrogens (tertiary/aromatic N) is 1. The van der Waals surface area contributed by atoms with Crippen LogP contribution in [0.15, 0.2) is 21.2 Å². The number of aromatic nitrogens is 1. The third-order valence-corrected chi connectivity index (χ3v) is 3.07. The van der Waals surface area contributed by atoms with E-state index in [0.717, 1.165) is 28.5 Å². The second-order valence-electron chi connectivity index (χ2n) is 3.17. The van der Waals surface area contributed by atoms with E-state index in [1.54, 1.807) is 6.20 Å². The van der Waals surface area contributed by atoms with Gasteiger partial charge in [0, 0.05) is 17.2 Å². The van der Waals surface area contributed by atoms with Crippen molar-refractivity contribution in [3.63, 3.8) is 0 Å². The van der Waals surface area contributed by atoms with Crippen molar-refractivity contribution < 1.29 is 4.74 Å². The Morgan fingerprint density at radius 2 is 2.36 bits per heavy atom. The van der Waals surface area contributed by atoms with Crippen LogP contribution < -0.4 is 10.1 Å². The molecule has 1 aromatic rings. The first kappa shape index (κ1) is 10.4. The lowest BCUT2D eigenvalue weighted by Crippen LogP contribution is -2.20. The lowest BCUT2D eigenvalue weighted by atomic mass is 10.3. The van der Waals surface area contributed by atoms with Crippen molar-refractivity contribution in [1.29, 1.82) is 0 Å². The minimum Gasteiger partial charge on any atom is -0.472 e. The van der Waals surface area contributed by atoms with E-state index in [1.807, 2.05) is 6.07 Å². The molecule has 14 heavy (non-hydrogen) atoms. The zero-order valence-electron chi connectivity index (χ0n) is 7.46. The highest BCUT2D eigenvalue weighted by molar-refractivity contribution is 9.11. The maximum atomic E-state index is 5.72. The van der Waals surface area contributed by atoms with Crippen LogP contribution in [0.5, 0.6) is 5.88 Å². The highest BCUT2D eigenvalue weighted by Gasteiger charge is 2.17. The zero-order valence-corrected chi connectivity index (χ0v) is 10.6. The molecule has 1 fully saturated rings. The van der Waals surface area contributed by atoms with E-state index in [0.29, 0.717) is 5.88 Å². The van der Waals surface area contributed by atoms with Gasteiger partial charge in [0.15, 0.2) is 0 Å². The summed E-state index contributed by atoms with van der Waals surface area (Å²) < 4.78 is 7.55. The fraction of sp³-hybridized carbons (Fsp3) is 0.444. The Kier molecular flexibility index (Phi) is 3.41. The molecule has 3 nitrogen and oxygen atoms in total. The maximum Gasteiger partial charge on any atom is 0.228 e. The molecule has 1 N–H and O–H groups in total. The van der Waals surface area contributed by atoms with Crippen LogP contribution in [0, 0.1) is 0 Å². The molecule has 1 atom stereocenters. The Balaban J connectivity index is 2.08. The minimum absolute atomic E-state index is 0.250. The summed E-state index contributed by atoms with van der Waals surface area (Å²) in [6.07, 6.45) is 3.03. The van der Waals surface area contributed by atoms with Gasteiger partial charge in [-0.15, -0.1) is 0 Å². The van der Waals surface area contributed by atoms with Crippen molar-refractivity contribution >= 4 is 31.9 Å². The van der Waals surface area contributed by atoms with Crippen LogP contribution in [0.1, 0.15) is 6.42 Å². The smallest absolute Gasteiger partial charge is 0.228 e. The van der Waals surface area contributed by atoms with Crippen LogP contribution in [-0.2, 0) is 0 Å². The molecular weight excluding hydrogens is 312 g/mol. The molecule has 0 spiro atoms. The molecule has 76 valence electrons. The van der Waals surface area contributed by atoms with Gasteiger partial charge in [0.1, 0.15) is 6.10 Å². The molecule has 0 amide bonds. The maximum absolute atomic E-state index is 5.72. The van der Waals surface area contributed by atoms with Gasteiger partial charge < -0.3 is 10.1 Å². The van der Waals surface area contributed by atoms with Gasteiger partial charge in [-0.2, -0.15) is 0 Å². The Morgan fingerprint density at radius 3 is 3.00 bits per heavy atom. The summed E-state index contributed by atoms with van der Waals surface area (Å²) in [4.78, 5) is 4.20. The molecule has 0 aliphatic carbocycles. The molecule has 1 saturated heterocycles. The molecule has 1 aromatic heterocycles. The van der Waals surface area contributed by atoms with Crippen molar-refractivity contribution in [2.24, 2.45) is 0 Å². The van der Waals surface area contributed by atoms with E-state index < -0.39 is 0 Å². The van der Waals surface area contributed by atoms with Gasteiger partial charge in [-0.05, 0) is 50.9 Å². The van der Waals surface area contributed by atoms with Crippen LogP contribution in [0.25, 0.3) is 0 Å². The highest BCUT2D eigenvalue weighted by Crippen LogP contribution is 2.26. The van der Waals surface area contributed by atoms with Gasteiger partial charge in [0.25, 0.3) is 0 Å². The number of halogens is 2. The lowest BCUT2D eigenvalue weighted by molar-refractivity contribution is 0.212. The summed E-state index contributed by atoms with van der Waals surface area (Å²) in [5.74, 6) is 0.668. The summed E-state index contributed by atoms with van der Waals surface area (Å²) >= 11 is 6.77. The molecule has 5 heteroatoms. The molecule has 2 rings (SSSR count). The van der Waals surface area contributed by atoms with E-state index in [2.05, 4.69) is 42.2 Å². The first-order valence-corrected chi connectivity index (χ1v) is 6.03. The molecule has 0 bridgehead atoms. The first-order valence-electron chi connectivity index (χ1n) is 4.44. The average molecular weight is 322 g/mol. The SMILES string of the molecule is Brc1cnc(OC2CCNC2)c(Br)c1. The standard InChI is InChI=1S/C9H10Br2N2O/c10-6-3-8(11)9(13-4-6)14-7-1-2-12-5-7/h3-4,7,12H,1-2,5H2. The van der Waals surface area contributed by atoms with Crippen molar-refractivity contribution in [2.75, 3.05) is 13.1 Å². The number of nitrogens with one attached hydrogen (secondary N) is 1. The molecule has 1 unspecified atom stereocenters. The van der Waals surface area contributed by atoms with Crippen LogP contribution >= 0.6 is 31.9 Å². The van der Waals surface area contributed by atoms with E-state index in [-0.39, 0.29) is 6.10 Å². The van der Waals surface area contributed by atoms with Crippen molar-refractivity contribution in [3.8, 4) is 5.88 Å². The molecule has 1 aliphatic rings. The molecule has 0 aromatic carbocycles. The van der Waals surface area contributed by atoms with Crippen LogP contribution in [0.2, 0.25) is 0 Å².